The predicted molar refractivity (Wildman–Crippen MR) is 87.9 cm³/mol. The second-order valence-electron chi connectivity index (χ2n) is 5.13. The van der Waals surface area contributed by atoms with Crippen molar-refractivity contribution in [1.29, 1.82) is 0 Å². The predicted octanol–water partition coefficient (Wildman–Crippen LogP) is 4.31. The molecule has 0 radical (unpaired) electrons. The number of pyridine rings is 1. The smallest absolute Gasteiger partial charge is 0.123 e. The van der Waals surface area contributed by atoms with Gasteiger partial charge < -0.3 is 5.32 Å². The Kier molecular flexibility index (Phi) is 6.33. The average molecular weight is 351 g/mol. The fraction of sp³-hybridized carbons (Fsp3) is 0.353. The fourth-order valence-corrected chi connectivity index (χ4v) is 2.54. The van der Waals surface area contributed by atoms with Gasteiger partial charge in [0.2, 0.25) is 0 Å². The van der Waals surface area contributed by atoms with Gasteiger partial charge in [0.05, 0.1) is 0 Å². The molecule has 0 amide bonds. The summed E-state index contributed by atoms with van der Waals surface area (Å²) in [6, 6.07) is 10.9. The third kappa shape index (κ3) is 5.21. The first-order valence-electron chi connectivity index (χ1n) is 7.25. The van der Waals surface area contributed by atoms with Gasteiger partial charge in [0.25, 0.3) is 0 Å². The molecule has 2 nitrogen and oxygen atoms in total. The number of benzene rings is 1. The summed E-state index contributed by atoms with van der Waals surface area (Å²) in [4.78, 5) is 4.43. The lowest BCUT2D eigenvalue weighted by molar-refractivity contribution is 0.565. The van der Waals surface area contributed by atoms with Gasteiger partial charge in [-0.2, -0.15) is 0 Å². The molecule has 112 valence electrons. The van der Waals surface area contributed by atoms with Crippen LogP contribution in [-0.4, -0.2) is 18.1 Å². The van der Waals surface area contributed by atoms with Crippen molar-refractivity contribution in [2.24, 2.45) is 0 Å². The Morgan fingerprint density at radius 1 is 1.29 bits per heavy atom. The van der Waals surface area contributed by atoms with Crippen molar-refractivity contribution in [2.45, 2.75) is 25.7 Å². The minimum atomic E-state index is -0.184. The van der Waals surface area contributed by atoms with Crippen molar-refractivity contribution in [3.8, 4) is 0 Å². The highest BCUT2D eigenvalue weighted by atomic mass is 79.9. The molecule has 1 aromatic carbocycles. The Hall–Kier alpha value is -1.26. The molecule has 0 fully saturated rings. The van der Waals surface area contributed by atoms with Gasteiger partial charge in [0.15, 0.2) is 0 Å². The van der Waals surface area contributed by atoms with Crippen LogP contribution in [0.3, 0.4) is 0 Å². The van der Waals surface area contributed by atoms with Crippen LogP contribution < -0.4 is 5.32 Å². The highest BCUT2D eigenvalue weighted by Crippen LogP contribution is 2.21. The summed E-state index contributed by atoms with van der Waals surface area (Å²) in [5, 5.41) is 3.43. The van der Waals surface area contributed by atoms with Gasteiger partial charge >= 0.3 is 0 Å². The van der Waals surface area contributed by atoms with Crippen LogP contribution in [0.2, 0.25) is 0 Å². The van der Waals surface area contributed by atoms with Crippen molar-refractivity contribution >= 4 is 15.9 Å². The van der Waals surface area contributed by atoms with Gasteiger partial charge in [-0.15, -0.1) is 0 Å². The third-order valence-corrected chi connectivity index (χ3v) is 3.85. The lowest BCUT2D eigenvalue weighted by Crippen LogP contribution is -2.24. The first-order valence-corrected chi connectivity index (χ1v) is 8.05. The number of hydrogen-bond donors (Lipinski definition) is 1. The van der Waals surface area contributed by atoms with Crippen LogP contribution >= 0.6 is 15.9 Å². The lowest BCUT2D eigenvalue weighted by atomic mass is 9.93. The molecule has 1 heterocycles. The number of aromatic nitrogens is 1. The normalized spacial score (nSPS) is 12.3. The van der Waals surface area contributed by atoms with E-state index in [9.17, 15) is 4.39 Å². The molecule has 1 aromatic heterocycles. The topological polar surface area (TPSA) is 24.9 Å². The van der Waals surface area contributed by atoms with Gasteiger partial charge in [-0.25, -0.2) is 4.39 Å². The molecule has 1 unspecified atom stereocenters. The van der Waals surface area contributed by atoms with E-state index in [0.29, 0.717) is 0 Å². The Bertz CT molecular complexity index is 557. The number of nitrogens with zero attached hydrogens (tertiary/aromatic N) is 1. The zero-order valence-corrected chi connectivity index (χ0v) is 13.7. The SMILES string of the molecule is CCCNCC(Cc1ccc(Br)cn1)c1cccc(F)c1. The molecular formula is C17H20BrFN2. The van der Waals surface area contributed by atoms with E-state index >= 15 is 0 Å². The molecular weight excluding hydrogens is 331 g/mol. The first kappa shape index (κ1) is 16.1. The van der Waals surface area contributed by atoms with Gasteiger partial charge in [-0.3, -0.25) is 4.98 Å². The van der Waals surface area contributed by atoms with Crippen LogP contribution in [0.25, 0.3) is 0 Å². The lowest BCUT2D eigenvalue weighted by Gasteiger charge is -2.18. The Morgan fingerprint density at radius 2 is 2.14 bits per heavy atom. The Morgan fingerprint density at radius 3 is 2.81 bits per heavy atom. The van der Waals surface area contributed by atoms with E-state index in [1.165, 1.54) is 6.07 Å². The molecule has 4 heteroatoms. The van der Waals surface area contributed by atoms with Crippen LogP contribution in [0.5, 0.6) is 0 Å². The molecule has 2 rings (SSSR count). The van der Waals surface area contributed by atoms with E-state index in [2.05, 4.69) is 33.2 Å². The van der Waals surface area contributed by atoms with E-state index < -0.39 is 0 Å². The molecule has 1 N–H and O–H groups in total. The van der Waals surface area contributed by atoms with Gasteiger partial charge in [-0.05, 0) is 65.1 Å². The van der Waals surface area contributed by atoms with Gasteiger partial charge in [-0.1, -0.05) is 19.1 Å². The molecule has 0 saturated carbocycles. The minimum absolute atomic E-state index is 0.184. The highest BCUT2D eigenvalue weighted by molar-refractivity contribution is 9.10. The standard InChI is InChI=1S/C17H20BrFN2/c1-2-8-20-11-14(13-4-3-5-16(19)9-13)10-17-7-6-15(18)12-21-17/h3-7,9,12,14,20H,2,8,10-11H2,1H3. The first-order chi connectivity index (χ1) is 10.2. The number of nitrogens with one attached hydrogen (secondary N) is 1. The van der Waals surface area contributed by atoms with E-state index in [1.54, 1.807) is 18.3 Å². The van der Waals surface area contributed by atoms with Crippen LogP contribution in [0, 0.1) is 5.82 Å². The molecule has 0 bridgehead atoms. The third-order valence-electron chi connectivity index (χ3n) is 3.38. The van der Waals surface area contributed by atoms with Crippen LogP contribution in [-0.2, 0) is 6.42 Å². The van der Waals surface area contributed by atoms with Gasteiger partial charge in [0, 0.05) is 28.8 Å². The summed E-state index contributed by atoms with van der Waals surface area (Å²) >= 11 is 3.39. The average Bonchev–Trinajstić information content (AvgIpc) is 2.48. The van der Waals surface area contributed by atoms with Crippen molar-refractivity contribution in [3.05, 3.63) is 64.1 Å². The van der Waals surface area contributed by atoms with E-state index in [-0.39, 0.29) is 11.7 Å². The maximum atomic E-state index is 13.5. The largest absolute Gasteiger partial charge is 0.316 e. The number of rotatable bonds is 7. The quantitative estimate of drug-likeness (QED) is 0.752. The highest BCUT2D eigenvalue weighted by Gasteiger charge is 2.13. The maximum Gasteiger partial charge on any atom is 0.123 e. The van der Waals surface area contributed by atoms with Crippen LogP contribution in [0.1, 0.15) is 30.5 Å². The monoisotopic (exact) mass is 350 g/mol. The number of hydrogen-bond acceptors (Lipinski definition) is 2. The Balaban J connectivity index is 2.13. The molecule has 2 aromatic rings. The minimum Gasteiger partial charge on any atom is -0.316 e. The zero-order chi connectivity index (χ0) is 15.1. The summed E-state index contributed by atoms with van der Waals surface area (Å²) in [6.07, 6.45) is 3.69. The molecule has 1 atom stereocenters. The number of halogens is 2. The summed E-state index contributed by atoms with van der Waals surface area (Å²) in [6.45, 7) is 3.94. The van der Waals surface area contributed by atoms with E-state index in [1.807, 2.05) is 18.2 Å². The summed E-state index contributed by atoms with van der Waals surface area (Å²) in [5.41, 5.74) is 2.04. The van der Waals surface area contributed by atoms with Gasteiger partial charge in [0.1, 0.15) is 5.82 Å². The van der Waals surface area contributed by atoms with E-state index in [4.69, 9.17) is 0 Å². The van der Waals surface area contributed by atoms with Crippen molar-refractivity contribution in [2.75, 3.05) is 13.1 Å². The maximum absolute atomic E-state index is 13.5. The van der Waals surface area contributed by atoms with E-state index in [0.717, 1.165) is 41.7 Å². The summed E-state index contributed by atoms with van der Waals surface area (Å²) in [7, 11) is 0. The van der Waals surface area contributed by atoms with Crippen LogP contribution in [0.15, 0.2) is 47.1 Å². The molecule has 21 heavy (non-hydrogen) atoms. The summed E-state index contributed by atoms with van der Waals surface area (Å²) in [5.74, 6) is 0.0395. The van der Waals surface area contributed by atoms with Crippen molar-refractivity contribution in [1.82, 2.24) is 10.3 Å². The molecule has 0 saturated heterocycles. The zero-order valence-electron chi connectivity index (χ0n) is 12.2. The summed E-state index contributed by atoms with van der Waals surface area (Å²) < 4.78 is 14.4. The van der Waals surface area contributed by atoms with Crippen molar-refractivity contribution in [3.63, 3.8) is 0 Å². The molecule has 0 spiro atoms. The molecule has 0 aliphatic rings. The Labute approximate surface area is 133 Å². The van der Waals surface area contributed by atoms with Crippen molar-refractivity contribution < 1.29 is 4.39 Å². The second-order valence-corrected chi connectivity index (χ2v) is 6.04. The molecule has 0 aliphatic heterocycles. The fourth-order valence-electron chi connectivity index (χ4n) is 2.30. The second kappa shape index (κ2) is 8.25. The molecule has 0 aliphatic carbocycles. The van der Waals surface area contributed by atoms with Crippen LogP contribution in [0.4, 0.5) is 4.39 Å².